The number of hydrogen-bond donors (Lipinski definition) is 3. The van der Waals surface area contributed by atoms with Crippen LogP contribution in [0.2, 0.25) is 0 Å². The second-order valence-electron chi connectivity index (χ2n) is 5.99. The first-order valence-corrected chi connectivity index (χ1v) is 7.70. The number of rotatable bonds is 5. The minimum absolute atomic E-state index is 0.122. The summed E-state index contributed by atoms with van der Waals surface area (Å²) >= 11 is 0. The number of aryl methyl sites for hydroxylation is 1. The van der Waals surface area contributed by atoms with Crippen LogP contribution in [0.25, 0.3) is 0 Å². The number of aromatic hydroxyl groups is 1. The Morgan fingerprint density at radius 1 is 1.36 bits per heavy atom. The molecule has 1 amide bonds. The first-order chi connectivity index (χ1) is 10.5. The molecule has 0 unspecified atom stereocenters. The van der Waals surface area contributed by atoms with Crippen LogP contribution in [0.3, 0.4) is 0 Å². The zero-order chi connectivity index (χ0) is 16.2. The summed E-state index contributed by atoms with van der Waals surface area (Å²) in [4.78, 5) is 24.0. The van der Waals surface area contributed by atoms with E-state index in [-0.39, 0.29) is 37.0 Å². The van der Waals surface area contributed by atoms with E-state index in [0.717, 1.165) is 19.3 Å². The molecule has 6 nitrogen and oxygen atoms in total. The van der Waals surface area contributed by atoms with Crippen LogP contribution in [0.5, 0.6) is 5.75 Å². The summed E-state index contributed by atoms with van der Waals surface area (Å²) in [6.07, 6.45) is 4.44. The maximum atomic E-state index is 12.1. The average molecular weight is 309 g/mol. The molecule has 0 aliphatic heterocycles. The minimum atomic E-state index is -0.646. The molecule has 1 fully saturated rings. The third-order valence-electron chi connectivity index (χ3n) is 4.27. The van der Waals surface area contributed by atoms with E-state index < -0.39 is 10.8 Å². The second-order valence-corrected chi connectivity index (χ2v) is 5.99. The Bertz CT molecular complexity index is 587. The Morgan fingerprint density at radius 3 is 2.68 bits per heavy atom. The molecule has 0 radical (unpaired) electrons. The first-order valence-electron chi connectivity index (χ1n) is 7.70. The van der Waals surface area contributed by atoms with Crippen molar-refractivity contribution in [3.63, 3.8) is 0 Å². The van der Waals surface area contributed by atoms with Gasteiger partial charge in [-0.2, -0.15) is 0 Å². The van der Waals surface area contributed by atoms with Gasteiger partial charge >= 0.3 is 0 Å². The lowest BCUT2D eigenvalue weighted by Gasteiger charge is -2.36. The second kappa shape index (κ2) is 6.96. The van der Waals surface area contributed by atoms with E-state index in [2.05, 4.69) is 5.32 Å². The molecule has 22 heavy (non-hydrogen) atoms. The Hall–Kier alpha value is -1.82. The topological polar surface area (TPSA) is 99.8 Å². The van der Waals surface area contributed by atoms with Crippen LogP contribution in [0.1, 0.15) is 50.0 Å². The zero-order valence-corrected chi connectivity index (χ0v) is 12.9. The van der Waals surface area contributed by atoms with Crippen molar-refractivity contribution in [3.8, 4) is 5.75 Å². The Labute approximate surface area is 129 Å². The third kappa shape index (κ3) is 3.50. The van der Waals surface area contributed by atoms with Gasteiger partial charge in [-0.15, -0.1) is 0 Å². The molecule has 2 rings (SSSR count). The van der Waals surface area contributed by atoms with Gasteiger partial charge in [0.05, 0.1) is 6.61 Å². The summed E-state index contributed by atoms with van der Waals surface area (Å²) in [5, 5.41) is 21.6. The van der Waals surface area contributed by atoms with Crippen LogP contribution in [-0.4, -0.2) is 29.3 Å². The summed E-state index contributed by atoms with van der Waals surface area (Å²) in [7, 11) is 0. The lowest BCUT2D eigenvalue weighted by atomic mass is 9.69. The van der Waals surface area contributed by atoms with Crippen molar-refractivity contribution in [2.75, 3.05) is 13.2 Å². The molecular formula is C16H23NO5. The fraction of sp³-hybridized carbons (Fsp3) is 0.625. The number of amides is 1. The molecule has 1 saturated carbocycles. The number of carbonyl (C=O) groups excluding carboxylic acids is 1. The summed E-state index contributed by atoms with van der Waals surface area (Å²) in [5.41, 5.74) is -1.12. The number of nitrogens with one attached hydrogen (secondary N) is 1. The van der Waals surface area contributed by atoms with Gasteiger partial charge in [0.25, 0.3) is 0 Å². The number of aliphatic hydroxyl groups is 1. The van der Waals surface area contributed by atoms with Crippen LogP contribution < -0.4 is 10.7 Å². The molecule has 3 N–H and O–H groups in total. The molecule has 1 aromatic rings. The molecule has 122 valence electrons. The molecule has 1 aliphatic rings. The normalized spacial score (nSPS) is 17.2. The van der Waals surface area contributed by atoms with Gasteiger partial charge in [-0.3, -0.25) is 9.59 Å². The van der Waals surface area contributed by atoms with Crippen molar-refractivity contribution < 1.29 is 19.4 Å². The highest BCUT2D eigenvalue weighted by Crippen LogP contribution is 2.44. The van der Waals surface area contributed by atoms with Crippen molar-refractivity contribution in [2.24, 2.45) is 0 Å². The van der Waals surface area contributed by atoms with Gasteiger partial charge in [0, 0.05) is 24.4 Å². The van der Waals surface area contributed by atoms with Gasteiger partial charge in [0.1, 0.15) is 5.76 Å². The van der Waals surface area contributed by atoms with Crippen molar-refractivity contribution in [3.05, 3.63) is 27.8 Å². The van der Waals surface area contributed by atoms with Crippen molar-refractivity contribution >= 4 is 5.91 Å². The number of carbonyl (C=O) groups is 1. The molecule has 0 bridgehead atoms. The maximum Gasteiger partial charge on any atom is 0.227 e. The monoisotopic (exact) mass is 309 g/mol. The van der Waals surface area contributed by atoms with E-state index in [1.807, 2.05) is 0 Å². The molecule has 1 aromatic heterocycles. The predicted molar refractivity (Wildman–Crippen MR) is 80.9 cm³/mol. The van der Waals surface area contributed by atoms with Gasteiger partial charge in [0.15, 0.2) is 5.76 Å². The lowest BCUT2D eigenvalue weighted by Crippen LogP contribution is -2.38. The van der Waals surface area contributed by atoms with Gasteiger partial charge in [0.2, 0.25) is 17.1 Å². The van der Waals surface area contributed by atoms with Gasteiger partial charge in [-0.25, -0.2) is 0 Å². The Balaban J connectivity index is 2.37. The van der Waals surface area contributed by atoms with E-state index in [1.165, 1.54) is 6.07 Å². The number of aliphatic hydroxyl groups excluding tert-OH is 1. The standard InChI is InChI=1S/C16H23NO5/c1-11-9-12(19)14(21)15(22-11)16(5-3-2-4-6-16)10-13(20)17-7-8-18/h9,18,21H,2-8,10H2,1H3,(H,17,20). The van der Waals surface area contributed by atoms with E-state index in [1.54, 1.807) is 6.92 Å². The SMILES string of the molecule is Cc1cc(=O)c(O)c(C2(CC(=O)NCCO)CCCCC2)o1. The molecule has 1 aliphatic carbocycles. The van der Waals surface area contributed by atoms with Crippen molar-refractivity contribution in [1.29, 1.82) is 0 Å². The molecule has 0 aromatic carbocycles. The van der Waals surface area contributed by atoms with Crippen molar-refractivity contribution in [2.45, 2.75) is 50.9 Å². The van der Waals surface area contributed by atoms with Crippen LogP contribution in [0, 0.1) is 6.92 Å². The van der Waals surface area contributed by atoms with E-state index in [0.29, 0.717) is 18.6 Å². The smallest absolute Gasteiger partial charge is 0.227 e. The predicted octanol–water partition coefficient (Wildman–Crippen LogP) is 1.35. The highest BCUT2D eigenvalue weighted by atomic mass is 16.4. The van der Waals surface area contributed by atoms with Gasteiger partial charge in [-0.05, 0) is 19.8 Å². The molecule has 0 spiro atoms. The summed E-state index contributed by atoms with van der Waals surface area (Å²) in [6.45, 7) is 1.73. The third-order valence-corrected chi connectivity index (χ3v) is 4.27. The van der Waals surface area contributed by atoms with Crippen LogP contribution in [0.15, 0.2) is 15.3 Å². The maximum absolute atomic E-state index is 12.1. The molecule has 1 heterocycles. The van der Waals surface area contributed by atoms with Crippen molar-refractivity contribution in [1.82, 2.24) is 5.32 Å². The molecule has 6 heteroatoms. The lowest BCUT2D eigenvalue weighted by molar-refractivity contribution is -0.123. The zero-order valence-electron chi connectivity index (χ0n) is 12.9. The highest BCUT2D eigenvalue weighted by molar-refractivity contribution is 5.77. The first kappa shape index (κ1) is 16.5. The number of hydrogen-bond acceptors (Lipinski definition) is 5. The van der Waals surface area contributed by atoms with Gasteiger partial charge < -0.3 is 19.9 Å². The van der Waals surface area contributed by atoms with E-state index in [4.69, 9.17) is 9.52 Å². The van der Waals surface area contributed by atoms with E-state index >= 15 is 0 Å². The summed E-state index contributed by atoms with van der Waals surface area (Å²) in [5.74, 6) is 0.0665. The summed E-state index contributed by atoms with van der Waals surface area (Å²) < 4.78 is 5.66. The Morgan fingerprint density at radius 2 is 2.05 bits per heavy atom. The minimum Gasteiger partial charge on any atom is -0.502 e. The quantitative estimate of drug-likeness (QED) is 0.762. The Kier molecular flexibility index (Phi) is 5.24. The van der Waals surface area contributed by atoms with Crippen LogP contribution >= 0.6 is 0 Å². The van der Waals surface area contributed by atoms with Gasteiger partial charge in [-0.1, -0.05) is 19.3 Å². The largest absolute Gasteiger partial charge is 0.502 e. The highest BCUT2D eigenvalue weighted by Gasteiger charge is 2.41. The van der Waals surface area contributed by atoms with Crippen LogP contribution in [-0.2, 0) is 10.2 Å². The average Bonchev–Trinajstić information content (AvgIpc) is 2.49. The molecular weight excluding hydrogens is 286 g/mol. The fourth-order valence-electron chi connectivity index (χ4n) is 3.24. The molecule has 0 atom stereocenters. The van der Waals surface area contributed by atoms with Crippen LogP contribution in [0.4, 0.5) is 0 Å². The fourth-order valence-corrected chi connectivity index (χ4v) is 3.24. The molecule has 0 saturated heterocycles. The van der Waals surface area contributed by atoms with E-state index in [9.17, 15) is 14.7 Å². The summed E-state index contributed by atoms with van der Waals surface area (Å²) in [6, 6.07) is 1.25.